The van der Waals surface area contributed by atoms with E-state index in [4.69, 9.17) is 9.47 Å². The molecule has 1 aliphatic heterocycles. The van der Waals surface area contributed by atoms with Crippen LogP contribution in [-0.2, 0) is 0 Å². The van der Waals surface area contributed by atoms with Gasteiger partial charge in [0.2, 0.25) is 0 Å². The number of aliphatic hydroxyl groups is 1. The molecule has 2 N–H and O–H groups in total. The normalized spacial score (nSPS) is 24.8. The lowest BCUT2D eigenvalue weighted by Gasteiger charge is -2.32. The first-order valence-corrected chi connectivity index (χ1v) is 6.78. The van der Waals surface area contributed by atoms with Crippen LogP contribution >= 0.6 is 0 Å². The van der Waals surface area contributed by atoms with Gasteiger partial charge in [0.15, 0.2) is 0 Å². The number of hydrogen-bond donors (Lipinski definition) is 2. The number of rotatable bonds is 4. The molecule has 0 amide bonds. The van der Waals surface area contributed by atoms with E-state index >= 15 is 0 Å². The zero-order valence-corrected chi connectivity index (χ0v) is 11.8. The highest BCUT2D eigenvalue weighted by Crippen LogP contribution is 2.31. The van der Waals surface area contributed by atoms with Crippen LogP contribution in [0.25, 0.3) is 0 Å². The quantitative estimate of drug-likeness (QED) is 0.875. The van der Waals surface area contributed by atoms with Crippen LogP contribution in [0.5, 0.6) is 11.5 Å². The van der Waals surface area contributed by atoms with Crippen molar-refractivity contribution in [1.82, 2.24) is 5.32 Å². The third kappa shape index (κ3) is 3.39. The Balaban J connectivity index is 2.19. The number of piperidine rings is 1. The fourth-order valence-corrected chi connectivity index (χ4v) is 2.62. The van der Waals surface area contributed by atoms with Crippen LogP contribution < -0.4 is 14.8 Å². The minimum absolute atomic E-state index is 0.0977. The first kappa shape index (κ1) is 14.2. The first-order chi connectivity index (χ1) is 9.13. The second-order valence-corrected chi connectivity index (χ2v) is 5.28. The molecule has 0 bridgehead atoms. The monoisotopic (exact) mass is 265 g/mol. The van der Waals surface area contributed by atoms with Crippen molar-refractivity contribution in [1.29, 1.82) is 0 Å². The fourth-order valence-electron chi connectivity index (χ4n) is 2.62. The van der Waals surface area contributed by atoms with E-state index in [1.165, 1.54) is 6.42 Å². The standard InChI is InChI=1S/C15H23NO3/c1-10-4-5-16-14(6-10)15(17)11-7-12(18-2)9-13(8-11)19-3/h7-10,14-17H,4-6H2,1-3H3. The van der Waals surface area contributed by atoms with E-state index in [0.717, 1.165) is 18.5 Å². The van der Waals surface area contributed by atoms with Crippen molar-refractivity contribution in [3.8, 4) is 11.5 Å². The minimum Gasteiger partial charge on any atom is -0.497 e. The molecule has 0 saturated carbocycles. The number of nitrogens with one attached hydrogen (secondary N) is 1. The fraction of sp³-hybridized carbons (Fsp3) is 0.600. The van der Waals surface area contributed by atoms with Gasteiger partial charge in [-0.2, -0.15) is 0 Å². The molecule has 106 valence electrons. The van der Waals surface area contributed by atoms with Crippen LogP contribution in [0.3, 0.4) is 0 Å². The molecule has 1 saturated heterocycles. The van der Waals surface area contributed by atoms with E-state index in [1.807, 2.05) is 18.2 Å². The van der Waals surface area contributed by atoms with Gasteiger partial charge in [-0.3, -0.25) is 0 Å². The van der Waals surface area contributed by atoms with Gasteiger partial charge in [-0.05, 0) is 43.0 Å². The largest absolute Gasteiger partial charge is 0.497 e. The van der Waals surface area contributed by atoms with Crippen molar-refractivity contribution in [3.05, 3.63) is 23.8 Å². The summed E-state index contributed by atoms with van der Waals surface area (Å²) >= 11 is 0. The summed E-state index contributed by atoms with van der Waals surface area (Å²) in [7, 11) is 3.23. The number of hydrogen-bond acceptors (Lipinski definition) is 4. The van der Waals surface area contributed by atoms with E-state index in [9.17, 15) is 5.11 Å². The predicted molar refractivity (Wildman–Crippen MR) is 74.7 cm³/mol. The topological polar surface area (TPSA) is 50.7 Å². The molecule has 1 heterocycles. The molecule has 1 aromatic carbocycles. The second-order valence-electron chi connectivity index (χ2n) is 5.28. The number of benzene rings is 1. The molecule has 0 aliphatic carbocycles. The number of aliphatic hydroxyl groups excluding tert-OH is 1. The summed E-state index contributed by atoms with van der Waals surface area (Å²) in [6.07, 6.45) is 1.62. The molecule has 19 heavy (non-hydrogen) atoms. The lowest BCUT2D eigenvalue weighted by molar-refractivity contribution is 0.101. The van der Waals surface area contributed by atoms with Crippen LogP contribution in [0.2, 0.25) is 0 Å². The van der Waals surface area contributed by atoms with E-state index < -0.39 is 6.10 Å². The van der Waals surface area contributed by atoms with Gasteiger partial charge in [0.05, 0.1) is 20.3 Å². The van der Waals surface area contributed by atoms with Gasteiger partial charge in [-0.1, -0.05) is 6.92 Å². The minimum atomic E-state index is -0.535. The molecule has 4 nitrogen and oxygen atoms in total. The Morgan fingerprint density at radius 3 is 2.37 bits per heavy atom. The molecular weight excluding hydrogens is 242 g/mol. The Bertz CT molecular complexity index is 400. The Hall–Kier alpha value is -1.26. The van der Waals surface area contributed by atoms with Gasteiger partial charge in [-0.15, -0.1) is 0 Å². The highest BCUT2D eigenvalue weighted by atomic mass is 16.5. The zero-order valence-electron chi connectivity index (χ0n) is 11.8. The molecule has 3 atom stereocenters. The Kier molecular flexibility index (Phi) is 4.66. The van der Waals surface area contributed by atoms with Gasteiger partial charge >= 0.3 is 0 Å². The average molecular weight is 265 g/mol. The molecule has 3 unspecified atom stereocenters. The third-order valence-corrected chi connectivity index (χ3v) is 3.80. The first-order valence-electron chi connectivity index (χ1n) is 6.78. The van der Waals surface area contributed by atoms with Gasteiger partial charge in [0.25, 0.3) is 0 Å². The molecule has 4 heteroatoms. The highest BCUT2D eigenvalue weighted by molar-refractivity contribution is 5.39. The Morgan fingerprint density at radius 2 is 1.84 bits per heavy atom. The third-order valence-electron chi connectivity index (χ3n) is 3.80. The van der Waals surface area contributed by atoms with Gasteiger partial charge in [0.1, 0.15) is 11.5 Å². The average Bonchev–Trinajstić information content (AvgIpc) is 2.45. The van der Waals surface area contributed by atoms with Crippen molar-refractivity contribution in [2.24, 2.45) is 5.92 Å². The summed E-state index contributed by atoms with van der Waals surface area (Å²) in [5.74, 6) is 2.06. The summed E-state index contributed by atoms with van der Waals surface area (Å²) in [6, 6.07) is 5.65. The molecule has 1 aromatic rings. The molecule has 0 radical (unpaired) electrons. The van der Waals surface area contributed by atoms with E-state index in [1.54, 1.807) is 14.2 Å². The number of ether oxygens (including phenoxy) is 2. The van der Waals surface area contributed by atoms with Gasteiger partial charge < -0.3 is 19.9 Å². The lowest BCUT2D eigenvalue weighted by atomic mass is 9.88. The van der Waals surface area contributed by atoms with Crippen LogP contribution in [0.4, 0.5) is 0 Å². The maximum Gasteiger partial charge on any atom is 0.122 e. The van der Waals surface area contributed by atoms with Crippen LogP contribution in [0, 0.1) is 5.92 Å². The lowest BCUT2D eigenvalue weighted by Crippen LogP contribution is -2.41. The van der Waals surface area contributed by atoms with Crippen molar-refractivity contribution in [2.45, 2.75) is 31.9 Å². The van der Waals surface area contributed by atoms with Gasteiger partial charge in [-0.25, -0.2) is 0 Å². The molecule has 0 aromatic heterocycles. The van der Waals surface area contributed by atoms with Crippen LogP contribution in [0.1, 0.15) is 31.4 Å². The SMILES string of the molecule is COc1cc(OC)cc(C(O)C2CC(C)CCN2)c1. The zero-order chi connectivity index (χ0) is 13.8. The van der Waals surface area contributed by atoms with Crippen molar-refractivity contribution >= 4 is 0 Å². The number of methoxy groups -OCH3 is 2. The van der Waals surface area contributed by atoms with Crippen LogP contribution in [0.15, 0.2) is 18.2 Å². The van der Waals surface area contributed by atoms with E-state index in [0.29, 0.717) is 17.4 Å². The molecule has 1 aliphatic rings. The van der Waals surface area contributed by atoms with E-state index in [-0.39, 0.29) is 6.04 Å². The molecule has 0 spiro atoms. The summed E-state index contributed by atoms with van der Waals surface area (Å²) < 4.78 is 10.5. The summed E-state index contributed by atoms with van der Waals surface area (Å²) in [6.45, 7) is 3.19. The molecule has 1 fully saturated rings. The van der Waals surface area contributed by atoms with Gasteiger partial charge in [0, 0.05) is 12.1 Å². The Morgan fingerprint density at radius 1 is 1.21 bits per heavy atom. The molecular formula is C15H23NO3. The summed E-state index contributed by atoms with van der Waals surface area (Å²) in [5, 5.41) is 13.9. The molecule has 2 rings (SSSR count). The predicted octanol–water partition coefficient (Wildman–Crippen LogP) is 2.13. The maximum absolute atomic E-state index is 10.5. The van der Waals surface area contributed by atoms with Crippen molar-refractivity contribution < 1.29 is 14.6 Å². The second kappa shape index (κ2) is 6.26. The Labute approximate surface area is 114 Å². The maximum atomic E-state index is 10.5. The van der Waals surface area contributed by atoms with Crippen molar-refractivity contribution in [2.75, 3.05) is 20.8 Å². The highest BCUT2D eigenvalue weighted by Gasteiger charge is 2.26. The van der Waals surface area contributed by atoms with E-state index in [2.05, 4.69) is 12.2 Å². The summed E-state index contributed by atoms with van der Waals surface area (Å²) in [4.78, 5) is 0. The summed E-state index contributed by atoms with van der Waals surface area (Å²) in [5.41, 5.74) is 0.836. The van der Waals surface area contributed by atoms with Crippen molar-refractivity contribution in [3.63, 3.8) is 0 Å². The smallest absolute Gasteiger partial charge is 0.122 e. The van der Waals surface area contributed by atoms with Crippen LogP contribution in [-0.4, -0.2) is 31.9 Å².